The first-order valence-electron chi connectivity index (χ1n) is 7.21. The van der Waals surface area contributed by atoms with Gasteiger partial charge in [-0.05, 0) is 24.3 Å². The summed E-state index contributed by atoms with van der Waals surface area (Å²) in [5, 5.41) is 9.91. The molecule has 11 heteroatoms. The third-order valence-corrected chi connectivity index (χ3v) is 6.30. The number of sulfonamides is 1. The molecule has 1 N–H and O–H groups in total. The summed E-state index contributed by atoms with van der Waals surface area (Å²) in [6.07, 6.45) is 2.83. The monoisotopic (exact) mass is 382 g/mol. The van der Waals surface area contributed by atoms with Crippen LogP contribution >= 0.6 is 11.3 Å². The van der Waals surface area contributed by atoms with E-state index >= 15 is 0 Å². The maximum Gasteiger partial charge on any atom is 0.293 e. The number of hydrogen-bond acceptors (Lipinski definition) is 8. The van der Waals surface area contributed by atoms with E-state index in [0.29, 0.717) is 5.76 Å². The molecule has 0 radical (unpaired) electrons. The number of aromatic nitrogens is 2. The fourth-order valence-electron chi connectivity index (χ4n) is 1.98. The third kappa shape index (κ3) is 3.78. The summed E-state index contributed by atoms with van der Waals surface area (Å²) in [5.41, 5.74) is 0. The van der Waals surface area contributed by atoms with Crippen LogP contribution in [0.25, 0.3) is 0 Å². The predicted octanol–water partition coefficient (Wildman–Crippen LogP) is 2.19. The fourth-order valence-corrected chi connectivity index (χ4v) is 4.43. The first-order valence-corrected chi connectivity index (χ1v) is 9.47. The van der Waals surface area contributed by atoms with Crippen molar-refractivity contribution in [3.8, 4) is 0 Å². The molecule has 25 heavy (non-hydrogen) atoms. The number of carbonyl (C=O) groups excluding carboxylic acids is 1. The molecule has 1 amide bonds. The quantitative estimate of drug-likeness (QED) is 0.622. The van der Waals surface area contributed by atoms with Gasteiger partial charge in [0.25, 0.3) is 15.9 Å². The Morgan fingerprint density at radius 3 is 2.64 bits per heavy atom. The number of nitrogens with one attached hydrogen (secondary N) is 1. The number of rotatable bonds is 7. The predicted molar refractivity (Wildman–Crippen MR) is 88.5 cm³/mol. The minimum absolute atomic E-state index is 0.0639. The van der Waals surface area contributed by atoms with E-state index in [2.05, 4.69) is 15.5 Å². The Bertz CT molecular complexity index is 932. The van der Waals surface area contributed by atoms with Crippen molar-refractivity contribution in [2.75, 3.05) is 11.9 Å². The molecule has 0 saturated carbocycles. The number of carbonyl (C=O) groups is 1. The van der Waals surface area contributed by atoms with Crippen LogP contribution in [0.3, 0.4) is 0 Å². The second kappa shape index (κ2) is 7.17. The van der Waals surface area contributed by atoms with Crippen LogP contribution in [-0.4, -0.2) is 35.4 Å². The van der Waals surface area contributed by atoms with Gasteiger partial charge in [0.05, 0.1) is 19.1 Å². The van der Waals surface area contributed by atoms with Crippen molar-refractivity contribution in [3.63, 3.8) is 0 Å². The largest absolute Gasteiger partial charge is 0.468 e. The van der Waals surface area contributed by atoms with Gasteiger partial charge in [0.15, 0.2) is 5.76 Å². The van der Waals surface area contributed by atoms with Gasteiger partial charge < -0.3 is 8.83 Å². The summed E-state index contributed by atoms with van der Waals surface area (Å²) < 4.78 is 36.5. The normalized spacial score (nSPS) is 11.8. The number of anilines is 1. The van der Waals surface area contributed by atoms with Gasteiger partial charge in [0.2, 0.25) is 9.47 Å². The van der Waals surface area contributed by atoms with E-state index in [9.17, 15) is 13.2 Å². The summed E-state index contributed by atoms with van der Waals surface area (Å²) in [6.45, 7) is 2.03. The van der Waals surface area contributed by atoms with E-state index < -0.39 is 15.9 Å². The van der Waals surface area contributed by atoms with E-state index in [0.717, 1.165) is 11.3 Å². The molecule has 0 spiro atoms. The molecule has 9 nitrogen and oxygen atoms in total. The van der Waals surface area contributed by atoms with Crippen LogP contribution in [0, 0.1) is 0 Å². The molecule has 3 rings (SSSR count). The molecule has 0 aromatic carbocycles. The Balaban J connectivity index is 1.76. The molecule has 3 aromatic rings. The molecule has 0 aliphatic heterocycles. The molecule has 0 atom stereocenters. The van der Waals surface area contributed by atoms with Crippen molar-refractivity contribution in [1.82, 2.24) is 14.5 Å². The van der Waals surface area contributed by atoms with Crippen molar-refractivity contribution in [3.05, 3.63) is 48.3 Å². The Kier molecular flexibility index (Phi) is 4.97. The van der Waals surface area contributed by atoms with E-state index in [1.165, 1.54) is 22.9 Å². The van der Waals surface area contributed by atoms with Crippen LogP contribution in [0.1, 0.15) is 23.2 Å². The Morgan fingerprint density at radius 2 is 2.00 bits per heavy atom. The van der Waals surface area contributed by atoms with E-state index in [1.807, 2.05) is 0 Å². The Labute approximate surface area is 147 Å². The highest BCUT2D eigenvalue weighted by Gasteiger charge is 2.28. The minimum atomic E-state index is -3.85. The lowest BCUT2D eigenvalue weighted by Gasteiger charge is -2.16. The van der Waals surface area contributed by atoms with E-state index in [-0.39, 0.29) is 28.3 Å². The molecule has 132 valence electrons. The lowest BCUT2D eigenvalue weighted by atomic mass is 10.4. The molecule has 0 saturated heterocycles. The first-order chi connectivity index (χ1) is 12.0. The summed E-state index contributed by atoms with van der Waals surface area (Å²) in [4.78, 5) is 11.9. The highest BCUT2D eigenvalue weighted by molar-refractivity contribution is 7.91. The van der Waals surface area contributed by atoms with Gasteiger partial charge in [-0.15, -0.1) is 10.2 Å². The Morgan fingerprint density at radius 1 is 1.24 bits per heavy atom. The molecule has 3 heterocycles. The van der Waals surface area contributed by atoms with Gasteiger partial charge in [0, 0.05) is 6.54 Å². The zero-order chi connectivity index (χ0) is 17.9. The van der Waals surface area contributed by atoms with Crippen LogP contribution in [0.2, 0.25) is 0 Å². The molecule has 0 aliphatic carbocycles. The SMILES string of the molecule is CCN(Cc1ccco1)S(=O)(=O)c1nnc(NC(=O)c2ccco2)s1. The van der Waals surface area contributed by atoms with Crippen molar-refractivity contribution >= 4 is 32.4 Å². The lowest BCUT2D eigenvalue weighted by molar-refractivity contribution is 0.0996. The summed E-state index contributed by atoms with van der Waals surface area (Å²) in [7, 11) is -3.85. The Hall–Kier alpha value is -2.50. The molecule has 3 aromatic heterocycles. The number of nitrogens with zero attached hydrogens (tertiary/aromatic N) is 3. The zero-order valence-corrected chi connectivity index (χ0v) is 14.7. The zero-order valence-electron chi connectivity index (χ0n) is 13.1. The van der Waals surface area contributed by atoms with Crippen molar-refractivity contribution in [1.29, 1.82) is 0 Å². The highest BCUT2D eigenvalue weighted by Crippen LogP contribution is 2.25. The number of amides is 1. The summed E-state index contributed by atoms with van der Waals surface area (Å²) in [5.74, 6) is 0.0712. The van der Waals surface area contributed by atoms with Gasteiger partial charge in [-0.2, -0.15) is 4.31 Å². The van der Waals surface area contributed by atoms with E-state index in [1.54, 1.807) is 25.1 Å². The van der Waals surface area contributed by atoms with Gasteiger partial charge in [-0.3, -0.25) is 10.1 Å². The van der Waals surface area contributed by atoms with Crippen LogP contribution in [0.4, 0.5) is 5.13 Å². The smallest absolute Gasteiger partial charge is 0.293 e. The van der Waals surface area contributed by atoms with E-state index in [4.69, 9.17) is 8.83 Å². The topological polar surface area (TPSA) is 119 Å². The fraction of sp³-hybridized carbons (Fsp3) is 0.214. The van der Waals surface area contributed by atoms with Gasteiger partial charge >= 0.3 is 0 Å². The van der Waals surface area contributed by atoms with Crippen molar-refractivity contribution in [2.45, 2.75) is 17.8 Å². The summed E-state index contributed by atoms with van der Waals surface area (Å²) in [6, 6.07) is 6.42. The molecule has 0 fully saturated rings. The average Bonchev–Trinajstić information content (AvgIpc) is 3.33. The van der Waals surface area contributed by atoms with Crippen LogP contribution in [-0.2, 0) is 16.6 Å². The van der Waals surface area contributed by atoms with Crippen LogP contribution < -0.4 is 5.32 Å². The standard InChI is InChI=1S/C14H14N4O5S2/c1-2-18(9-10-5-3-7-22-10)25(20,21)14-17-16-13(24-14)15-12(19)11-6-4-8-23-11/h3-8H,2,9H2,1H3,(H,15,16,19). The lowest BCUT2D eigenvalue weighted by Crippen LogP contribution is -2.30. The first kappa shape index (κ1) is 17.3. The third-order valence-electron chi connectivity index (χ3n) is 3.20. The second-order valence-electron chi connectivity index (χ2n) is 4.82. The van der Waals surface area contributed by atoms with Crippen LogP contribution in [0.5, 0.6) is 0 Å². The van der Waals surface area contributed by atoms with Crippen LogP contribution in [0.15, 0.2) is 50.0 Å². The molecular weight excluding hydrogens is 368 g/mol. The maximum atomic E-state index is 12.7. The molecular formula is C14H14N4O5S2. The average molecular weight is 382 g/mol. The highest BCUT2D eigenvalue weighted by atomic mass is 32.2. The molecule has 0 aliphatic rings. The maximum absolute atomic E-state index is 12.7. The summed E-state index contributed by atoms with van der Waals surface area (Å²) >= 11 is 0.766. The van der Waals surface area contributed by atoms with Gasteiger partial charge in [-0.25, -0.2) is 8.42 Å². The van der Waals surface area contributed by atoms with Gasteiger partial charge in [-0.1, -0.05) is 18.3 Å². The molecule has 0 unspecified atom stereocenters. The van der Waals surface area contributed by atoms with Crippen molar-refractivity contribution in [2.24, 2.45) is 0 Å². The number of hydrogen-bond donors (Lipinski definition) is 1. The molecule has 0 bridgehead atoms. The number of furan rings is 2. The minimum Gasteiger partial charge on any atom is -0.468 e. The van der Waals surface area contributed by atoms with Crippen molar-refractivity contribution < 1.29 is 22.0 Å². The second-order valence-corrected chi connectivity index (χ2v) is 7.90. The van der Waals surface area contributed by atoms with Gasteiger partial charge in [0.1, 0.15) is 5.76 Å².